The zero-order valence-corrected chi connectivity index (χ0v) is 15.0. The second-order valence-corrected chi connectivity index (χ2v) is 7.65. The number of nitrogens with zero attached hydrogens (tertiary/aromatic N) is 3. The van der Waals surface area contributed by atoms with Crippen molar-refractivity contribution in [1.82, 2.24) is 9.38 Å². The third-order valence-electron chi connectivity index (χ3n) is 4.88. The summed E-state index contributed by atoms with van der Waals surface area (Å²) in [5, 5.41) is 10.7. The van der Waals surface area contributed by atoms with Gasteiger partial charge in [0.1, 0.15) is 11.9 Å². The van der Waals surface area contributed by atoms with Crippen molar-refractivity contribution in [2.24, 2.45) is 0 Å². The number of imidazole rings is 1. The Kier molecular flexibility index (Phi) is 4.22. The highest BCUT2D eigenvalue weighted by atomic mass is 32.2. The molecular formula is C20H19N3OS. The molecule has 0 aliphatic heterocycles. The number of fused-ring (bicyclic) bond motifs is 3. The summed E-state index contributed by atoms with van der Waals surface area (Å²) in [6.07, 6.45) is 4.50. The van der Waals surface area contributed by atoms with E-state index < -0.39 is 0 Å². The lowest BCUT2D eigenvalue weighted by Gasteiger charge is -2.21. The molecule has 0 bridgehead atoms. The molecule has 4 nitrogen and oxygen atoms in total. The Morgan fingerprint density at radius 1 is 1.36 bits per heavy atom. The van der Waals surface area contributed by atoms with Gasteiger partial charge in [0.2, 0.25) is 0 Å². The number of carbonyl (C=O) groups is 1. The van der Waals surface area contributed by atoms with Gasteiger partial charge in [-0.05, 0) is 43.0 Å². The fourth-order valence-electron chi connectivity index (χ4n) is 3.55. The Balaban J connectivity index is 1.96. The minimum absolute atomic E-state index is 0.00996. The number of ketones is 1. The summed E-state index contributed by atoms with van der Waals surface area (Å²) in [6.45, 7) is 2.05. The van der Waals surface area contributed by atoms with Crippen LogP contribution in [0.2, 0.25) is 0 Å². The first kappa shape index (κ1) is 16.2. The van der Waals surface area contributed by atoms with Crippen molar-refractivity contribution >= 4 is 34.2 Å². The summed E-state index contributed by atoms with van der Waals surface area (Å²) in [4.78, 5) is 17.0. The van der Waals surface area contributed by atoms with Gasteiger partial charge in [-0.2, -0.15) is 5.26 Å². The summed E-state index contributed by atoms with van der Waals surface area (Å²) >= 11 is 1.63. The molecule has 1 aliphatic carbocycles. The molecule has 1 aromatic carbocycles. The van der Waals surface area contributed by atoms with E-state index in [2.05, 4.69) is 23.5 Å². The third-order valence-corrected chi connectivity index (χ3v) is 6.20. The van der Waals surface area contributed by atoms with E-state index in [1.807, 2.05) is 24.3 Å². The fourth-order valence-corrected chi connectivity index (χ4v) is 4.88. The molecule has 0 saturated heterocycles. The van der Waals surface area contributed by atoms with Crippen molar-refractivity contribution in [2.75, 3.05) is 0 Å². The van der Waals surface area contributed by atoms with Crippen LogP contribution in [0.1, 0.15) is 43.7 Å². The molecule has 0 radical (unpaired) electrons. The molecule has 1 atom stereocenters. The molecule has 0 amide bonds. The molecule has 2 aromatic heterocycles. The molecule has 5 heteroatoms. The topological polar surface area (TPSA) is 58.2 Å². The highest BCUT2D eigenvalue weighted by Gasteiger charge is 2.25. The van der Waals surface area contributed by atoms with E-state index in [-0.39, 0.29) is 5.25 Å². The number of thioether (sulfide) groups is 1. The number of hydrogen-bond acceptors (Lipinski definition) is 4. The normalized spacial score (nSPS) is 17.9. The molecule has 1 aliphatic rings. The minimum Gasteiger partial charge on any atom is -0.298 e. The minimum atomic E-state index is 0.00996. The van der Waals surface area contributed by atoms with Crippen molar-refractivity contribution in [2.45, 2.75) is 49.3 Å². The van der Waals surface area contributed by atoms with Crippen molar-refractivity contribution in [3.05, 3.63) is 41.5 Å². The van der Waals surface area contributed by atoms with Gasteiger partial charge in [-0.15, -0.1) is 0 Å². The Labute approximate surface area is 150 Å². The number of aryl methyl sites for hydroxylation is 1. The van der Waals surface area contributed by atoms with E-state index in [0.29, 0.717) is 23.4 Å². The van der Waals surface area contributed by atoms with Crippen molar-refractivity contribution in [3.8, 4) is 6.07 Å². The Hall–Kier alpha value is -2.32. The molecule has 126 valence electrons. The molecule has 0 spiro atoms. The first-order valence-corrected chi connectivity index (χ1v) is 9.63. The number of nitriles is 1. The highest BCUT2D eigenvalue weighted by molar-refractivity contribution is 8.00. The molecule has 1 saturated carbocycles. The van der Waals surface area contributed by atoms with Gasteiger partial charge in [-0.25, -0.2) is 4.98 Å². The number of hydrogen-bond donors (Lipinski definition) is 0. The molecule has 3 aromatic rings. The standard InChI is InChI=1S/C20H19N3OS/c1-2-13-11-19(25-18-10-6-5-9-17(18)24)23-16-8-4-3-7-15(16)22-20(23)14(13)12-21/h3-4,7-8,11,18H,2,5-6,9-10H2,1H3/t18-/m1/s1. The van der Waals surface area contributed by atoms with E-state index in [0.717, 1.165) is 47.3 Å². The number of Topliss-reactive ketones (excluding diaryl/α,β-unsaturated/α-hetero) is 1. The van der Waals surface area contributed by atoms with Crippen LogP contribution in [0.15, 0.2) is 35.4 Å². The van der Waals surface area contributed by atoms with Crippen LogP contribution in [0.5, 0.6) is 0 Å². The van der Waals surface area contributed by atoms with Gasteiger partial charge < -0.3 is 0 Å². The van der Waals surface area contributed by atoms with Gasteiger partial charge in [0, 0.05) is 6.42 Å². The lowest BCUT2D eigenvalue weighted by atomic mass is 9.99. The van der Waals surface area contributed by atoms with Crippen LogP contribution in [-0.2, 0) is 11.2 Å². The molecule has 0 unspecified atom stereocenters. The zero-order valence-electron chi connectivity index (χ0n) is 14.2. The quantitative estimate of drug-likeness (QED) is 0.697. The number of pyridine rings is 1. The number of aromatic nitrogens is 2. The fraction of sp³-hybridized carbons (Fsp3) is 0.350. The lowest BCUT2D eigenvalue weighted by Crippen LogP contribution is -2.21. The van der Waals surface area contributed by atoms with Crippen LogP contribution >= 0.6 is 11.8 Å². The van der Waals surface area contributed by atoms with Crippen LogP contribution in [0.4, 0.5) is 0 Å². The smallest absolute Gasteiger partial charge is 0.157 e. The van der Waals surface area contributed by atoms with E-state index in [1.165, 1.54) is 0 Å². The Bertz CT molecular complexity index is 1020. The maximum Gasteiger partial charge on any atom is 0.157 e. The number of benzene rings is 1. The molecule has 2 heterocycles. The summed E-state index contributed by atoms with van der Waals surface area (Å²) in [5.41, 5.74) is 4.20. The summed E-state index contributed by atoms with van der Waals surface area (Å²) in [6, 6.07) is 12.3. The number of rotatable bonds is 3. The van der Waals surface area contributed by atoms with Crippen LogP contribution in [0.25, 0.3) is 16.7 Å². The van der Waals surface area contributed by atoms with Gasteiger partial charge in [0.15, 0.2) is 5.65 Å². The summed E-state index contributed by atoms with van der Waals surface area (Å²) in [7, 11) is 0. The zero-order chi connectivity index (χ0) is 17.4. The van der Waals surface area contributed by atoms with Crippen molar-refractivity contribution < 1.29 is 4.79 Å². The van der Waals surface area contributed by atoms with Crippen molar-refractivity contribution in [1.29, 1.82) is 5.26 Å². The van der Waals surface area contributed by atoms with Gasteiger partial charge in [0.25, 0.3) is 0 Å². The SMILES string of the molecule is CCc1cc(S[C@@H]2CCCCC2=O)n2c(nc3ccccc32)c1C#N. The molecular weight excluding hydrogens is 330 g/mol. The Morgan fingerprint density at radius 2 is 2.20 bits per heavy atom. The van der Waals surface area contributed by atoms with Gasteiger partial charge in [-0.3, -0.25) is 9.20 Å². The Morgan fingerprint density at radius 3 is 2.96 bits per heavy atom. The maximum absolute atomic E-state index is 12.3. The van der Waals surface area contributed by atoms with Crippen LogP contribution in [0, 0.1) is 11.3 Å². The van der Waals surface area contributed by atoms with E-state index >= 15 is 0 Å². The largest absolute Gasteiger partial charge is 0.298 e. The summed E-state index contributed by atoms with van der Waals surface area (Å²) < 4.78 is 2.06. The highest BCUT2D eigenvalue weighted by Crippen LogP contribution is 2.35. The van der Waals surface area contributed by atoms with Crippen molar-refractivity contribution in [3.63, 3.8) is 0 Å². The van der Waals surface area contributed by atoms with Gasteiger partial charge in [0.05, 0.1) is 26.9 Å². The van der Waals surface area contributed by atoms with Crippen LogP contribution < -0.4 is 0 Å². The number of carbonyl (C=O) groups excluding carboxylic acids is 1. The van der Waals surface area contributed by atoms with Crippen LogP contribution in [-0.4, -0.2) is 20.4 Å². The molecule has 4 rings (SSSR count). The monoisotopic (exact) mass is 349 g/mol. The maximum atomic E-state index is 12.3. The second kappa shape index (κ2) is 6.53. The second-order valence-electron chi connectivity index (χ2n) is 6.43. The first-order valence-electron chi connectivity index (χ1n) is 8.75. The average Bonchev–Trinajstić information content (AvgIpc) is 3.02. The van der Waals surface area contributed by atoms with E-state index in [4.69, 9.17) is 4.98 Å². The van der Waals surface area contributed by atoms with Gasteiger partial charge in [-0.1, -0.05) is 37.2 Å². The lowest BCUT2D eigenvalue weighted by molar-refractivity contribution is -0.119. The predicted molar refractivity (Wildman–Crippen MR) is 99.9 cm³/mol. The predicted octanol–water partition coefficient (Wildman–Crippen LogP) is 4.53. The molecule has 0 N–H and O–H groups in total. The molecule has 25 heavy (non-hydrogen) atoms. The van der Waals surface area contributed by atoms with E-state index in [9.17, 15) is 10.1 Å². The third kappa shape index (κ3) is 2.71. The average molecular weight is 349 g/mol. The van der Waals surface area contributed by atoms with E-state index in [1.54, 1.807) is 11.8 Å². The first-order chi connectivity index (χ1) is 12.2. The molecule has 1 fully saturated rings. The summed E-state index contributed by atoms with van der Waals surface area (Å²) in [5.74, 6) is 0.344. The van der Waals surface area contributed by atoms with Crippen LogP contribution in [0.3, 0.4) is 0 Å². The van der Waals surface area contributed by atoms with Gasteiger partial charge >= 0.3 is 0 Å². The number of para-hydroxylation sites is 2.